The van der Waals surface area contributed by atoms with E-state index in [1.54, 1.807) is 11.1 Å². The minimum Gasteiger partial charge on any atom is -0.460 e. The van der Waals surface area contributed by atoms with E-state index in [4.69, 9.17) is 72.0 Å². The van der Waals surface area contributed by atoms with Crippen molar-refractivity contribution in [3.8, 4) is 6.07 Å². The summed E-state index contributed by atoms with van der Waals surface area (Å²) in [6.07, 6.45) is 34.8. The SMILES string of the molecule is [2H]CC(COCCOCCOCCOCCCNC(=O)O[C@H]1CC[C@@]2(C)C(=CCC3C4CCC([C@@H](C)CCCC(C)C)[C@@]4(C)CCC32)C1)OC(=O)CCC(=O)NC.[2H]CC(COCCOCCOCCOCCCNC(=O)O[C@H]1CC[C@@]2(C)C(=CCC3C4CCC([C@@H](C)CCCC(C)C)[C@@]4(C)CCC32)C1)OP(OCCC#N)N(CCC)CCC.[3H]OC.[3H]OC. The van der Waals surface area contributed by atoms with Crippen LogP contribution in [0.4, 0.5) is 9.59 Å². The fourth-order valence-corrected chi connectivity index (χ4v) is 23.9. The summed E-state index contributed by atoms with van der Waals surface area (Å²) in [6.45, 7) is 38.7. The zero-order chi connectivity index (χ0) is 91.5. The predicted molar refractivity (Wildman–Crippen MR) is 479 cm³/mol. The van der Waals surface area contributed by atoms with E-state index in [1.807, 2.05) is 0 Å². The molecule has 0 aromatic carbocycles. The molecule has 8 rings (SSSR count). The van der Waals surface area contributed by atoms with Gasteiger partial charge in [-0.25, -0.2) is 14.3 Å². The summed E-state index contributed by atoms with van der Waals surface area (Å²) in [5.41, 5.74) is 4.61. The fourth-order valence-electron chi connectivity index (χ4n) is 22.3. The van der Waals surface area contributed by atoms with Crippen LogP contribution >= 0.6 is 8.53 Å². The molecular formula is C96H174N5O19P. The van der Waals surface area contributed by atoms with Crippen LogP contribution in [-0.4, -0.2) is 226 Å². The first-order valence-corrected chi connectivity index (χ1v) is 48.5. The number of allylic oxidation sites excluding steroid dienone is 2. The van der Waals surface area contributed by atoms with Gasteiger partial charge in [-0.05, 0) is 222 Å². The third-order valence-corrected chi connectivity index (χ3v) is 30.1. The van der Waals surface area contributed by atoms with Gasteiger partial charge in [0, 0.05) is 82.7 Å². The van der Waals surface area contributed by atoms with E-state index < -0.39 is 26.7 Å². The molecule has 702 valence electrons. The van der Waals surface area contributed by atoms with E-state index in [9.17, 15) is 19.2 Å². The van der Waals surface area contributed by atoms with E-state index in [2.05, 4.69) is 132 Å². The Kier molecular flexibility index (Phi) is 49.7. The van der Waals surface area contributed by atoms with E-state index in [-0.39, 0.29) is 81.0 Å². The largest absolute Gasteiger partial charge is 0.460 e. The second-order valence-electron chi connectivity index (χ2n) is 37.4. The Labute approximate surface area is 740 Å². The first-order valence-electron chi connectivity index (χ1n) is 49.6. The Morgan fingerprint density at radius 3 is 1.36 bits per heavy atom. The Balaban J connectivity index is 0.000000419. The zero-order valence-corrected chi connectivity index (χ0v) is 79.2. The van der Waals surface area contributed by atoms with Crippen molar-refractivity contribution in [2.75, 3.05) is 160 Å². The molecule has 5 N–H and O–H groups in total. The van der Waals surface area contributed by atoms with Crippen LogP contribution in [0.15, 0.2) is 23.3 Å². The number of alkyl carbamates (subject to hydrolysis) is 2. The molecule has 121 heavy (non-hydrogen) atoms. The molecule has 6 fully saturated rings. The van der Waals surface area contributed by atoms with Crippen molar-refractivity contribution in [2.45, 2.75) is 308 Å². The van der Waals surface area contributed by atoms with Gasteiger partial charge < -0.3 is 87.3 Å². The number of hydrogen-bond donors (Lipinski definition) is 5. The molecule has 0 heterocycles. The Bertz CT molecular complexity index is 3040. The van der Waals surface area contributed by atoms with Gasteiger partial charge in [0.15, 0.2) is 0 Å². The highest BCUT2D eigenvalue weighted by Gasteiger charge is 2.61. The number of nitrogens with zero attached hydrogens (tertiary/aromatic N) is 2. The fraction of sp³-hybridized carbons (Fsp3) is 0.906. The topological polar surface area (TPSA) is 292 Å². The number of rotatable bonds is 56. The molecule has 24 nitrogen and oxygen atoms in total. The van der Waals surface area contributed by atoms with Crippen LogP contribution in [0.5, 0.6) is 0 Å². The number of ether oxygens (including phenoxy) is 11. The summed E-state index contributed by atoms with van der Waals surface area (Å²) < 4.78 is 103. The maximum absolute atomic E-state index is 12.8. The molecule has 0 aromatic rings. The van der Waals surface area contributed by atoms with E-state index in [0.717, 1.165) is 135 Å². The molecule has 6 saturated carbocycles. The lowest BCUT2D eigenvalue weighted by Crippen LogP contribution is -2.51. The molecule has 0 aliphatic heterocycles. The van der Waals surface area contributed by atoms with Gasteiger partial charge in [0.2, 0.25) is 8.77 Å². The standard InChI is InChI=1S/C49H88N3O8P.C45H78N2O9.2CH4O/c1-9-26-52(27-10-2)61(58-29-12-24-50)60-40(6)37-57-35-34-56-33-32-55-31-30-54-28-13-25-51-47(53)59-42-20-22-48(7)41(36-42)16-17-43-45-19-18-44(39(5)15-11-14-38(3)4)49(45,8)23-21-46(43)48;1-32(2)10-8-11-33(3)38-14-15-39-37-13-12-35-30-36(18-20-44(35,5)40(37)19-21-45(38,39)6)56-43(50)47-22-9-23-51-24-25-52-26-27-53-28-29-54-31-34(4)55-42(49)17-16-41(48)46-7;2*1-2/h16,38-40,42-46H,9-15,17-23,25-37H2,1-8H3,(H,51,53);12,32-34,36-40H,8-11,13-31H2,1-7H3,(H,46,48)(H,47,50);2*2H,1H3/t39-,40?,42-,43?,44?,45?,46?,48-,49+,61?;33-,34?,36-,37?,38?,39?,40?,44-,45+;;/m00../s1/i6D;4D;2*2T. The monoisotopic (exact) mass is 1740 g/mol. The summed E-state index contributed by atoms with van der Waals surface area (Å²) in [5.74, 6) is 9.17. The number of esters is 1. The predicted octanol–water partition coefficient (Wildman–Crippen LogP) is 18.5. The van der Waals surface area contributed by atoms with Crippen molar-refractivity contribution in [2.24, 2.45) is 92.7 Å². The van der Waals surface area contributed by atoms with Gasteiger partial charge in [0.25, 0.3) is 8.53 Å². The first kappa shape index (κ1) is 101. The molecule has 25 heteroatoms. The molecule has 8 aliphatic rings. The third kappa shape index (κ3) is 35.7. The van der Waals surface area contributed by atoms with Gasteiger partial charge in [0.05, 0.1) is 124 Å². The quantitative estimate of drug-likeness (QED) is 0.0124. The van der Waals surface area contributed by atoms with Gasteiger partial charge >= 0.3 is 18.2 Å². The summed E-state index contributed by atoms with van der Waals surface area (Å²) in [5, 5.41) is 24.2. The normalized spacial score (nSPS) is 28.6. The Morgan fingerprint density at radius 2 is 0.967 bits per heavy atom. The summed E-state index contributed by atoms with van der Waals surface area (Å²) in [6, 6.07) is 2.11. The second-order valence-corrected chi connectivity index (χ2v) is 39.0. The van der Waals surface area contributed by atoms with Crippen molar-refractivity contribution >= 4 is 32.6 Å². The molecule has 0 spiro atoms. The lowest BCUT2D eigenvalue weighted by atomic mass is 9.47. The number of aliphatic hydroxyl groups excluding tert-OH is 2. The minimum absolute atomic E-state index is 0.0312. The number of nitriles is 1. The van der Waals surface area contributed by atoms with Crippen LogP contribution < -0.4 is 16.0 Å². The highest BCUT2D eigenvalue weighted by Crippen LogP contribution is 2.69. The van der Waals surface area contributed by atoms with Crippen molar-refractivity contribution < 1.29 is 93.3 Å². The van der Waals surface area contributed by atoms with Crippen LogP contribution in [0.2, 0.25) is 0 Å². The van der Waals surface area contributed by atoms with E-state index in [1.165, 1.54) is 124 Å². The Morgan fingerprint density at radius 1 is 0.554 bits per heavy atom. The number of carbonyl (C=O) groups is 4. The number of amides is 3. The van der Waals surface area contributed by atoms with Gasteiger partial charge in [-0.3, -0.25) is 9.59 Å². The van der Waals surface area contributed by atoms with Crippen LogP contribution in [0.1, 0.15) is 286 Å². The molecule has 8 aliphatic carbocycles. The summed E-state index contributed by atoms with van der Waals surface area (Å²) >= 11 is 0. The van der Waals surface area contributed by atoms with Crippen LogP contribution in [0.25, 0.3) is 0 Å². The van der Waals surface area contributed by atoms with Gasteiger partial charge in [-0.2, -0.15) is 5.26 Å². The highest BCUT2D eigenvalue weighted by atomic mass is 31.2. The number of aliphatic hydroxyl groups is 2. The average Bonchev–Trinajstić information content (AvgIpc) is 1.68. The highest BCUT2D eigenvalue weighted by molar-refractivity contribution is 7.44. The van der Waals surface area contributed by atoms with Crippen molar-refractivity contribution in [3.63, 3.8) is 0 Å². The number of fused-ring (bicyclic) bond motifs is 10. The van der Waals surface area contributed by atoms with Crippen LogP contribution in [0.3, 0.4) is 0 Å². The second kappa shape index (κ2) is 59.5. The lowest BCUT2D eigenvalue weighted by molar-refractivity contribution is -0.152. The molecule has 0 saturated heterocycles. The van der Waals surface area contributed by atoms with E-state index in [0.29, 0.717) is 142 Å². The average molecular weight is 1740 g/mol. The molecule has 0 radical (unpaired) electrons. The number of carbonyl (C=O) groups excluding carboxylic acids is 4. The van der Waals surface area contributed by atoms with Gasteiger partial charge in [-0.1, -0.05) is 145 Å². The molecule has 19 atom stereocenters. The van der Waals surface area contributed by atoms with E-state index >= 15 is 0 Å². The zero-order valence-electron chi connectivity index (χ0n) is 82.3. The molecule has 0 bridgehead atoms. The van der Waals surface area contributed by atoms with Gasteiger partial charge in [-0.15, -0.1) is 0 Å². The van der Waals surface area contributed by atoms with Crippen molar-refractivity contribution in [1.82, 2.24) is 20.6 Å². The molecular weight excluding hydrogens is 1560 g/mol. The molecule has 0 aromatic heterocycles. The first-order chi connectivity index (χ1) is 60.2. The smallest absolute Gasteiger partial charge is 0.407 e. The maximum Gasteiger partial charge on any atom is 0.407 e. The number of hydrogen-bond acceptors (Lipinski definition) is 21. The number of nitrogens with one attached hydrogen (secondary N) is 3. The van der Waals surface area contributed by atoms with Crippen molar-refractivity contribution in [3.05, 3.63) is 23.3 Å². The summed E-state index contributed by atoms with van der Waals surface area (Å²) in [4.78, 5) is 48.5. The lowest BCUT2D eigenvalue weighted by Gasteiger charge is -2.58. The van der Waals surface area contributed by atoms with Gasteiger partial charge in [0.1, 0.15) is 18.3 Å². The minimum atomic E-state index is -1.35. The summed E-state index contributed by atoms with van der Waals surface area (Å²) in [7, 11) is 2.74. The van der Waals surface area contributed by atoms with Crippen LogP contribution in [-0.2, 0) is 70.7 Å². The van der Waals surface area contributed by atoms with Crippen LogP contribution in [0, 0.1) is 104 Å². The maximum atomic E-state index is 12.8. The molecule has 11 unspecified atom stereocenters. The van der Waals surface area contributed by atoms with Crippen molar-refractivity contribution in [1.29, 1.82) is 8.12 Å². The third-order valence-electron chi connectivity index (χ3n) is 28.4. The Hall–Kier alpha value is -3.64. The molecule has 3 amide bonds.